The molecule has 5 nitrogen and oxygen atoms in total. The highest BCUT2D eigenvalue weighted by Gasteiger charge is 2.53. The molecule has 1 unspecified atom stereocenters. The summed E-state index contributed by atoms with van der Waals surface area (Å²) in [6.45, 7) is -1.07. The summed E-state index contributed by atoms with van der Waals surface area (Å²) in [6, 6.07) is 6.63. The second-order valence-electron chi connectivity index (χ2n) is 6.17. The molecule has 0 spiro atoms. The molecule has 0 aromatic heterocycles. The minimum absolute atomic E-state index is 0.279. The highest BCUT2D eigenvalue weighted by Crippen LogP contribution is 2.39. The van der Waals surface area contributed by atoms with Crippen molar-refractivity contribution in [3.05, 3.63) is 29.8 Å². The second-order valence-corrected chi connectivity index (χ2v) is 7.31. The quantitative estimate of drug-likeness (QED) is 0.835. The van der Waals surface area contributed by atoms with Gasteiger partial charge in [-0.15, -0.1) is 11.8 Å². The molecular formula is C16H17F3N2O3S. The second kappa shape index (κ2) is 6.78. The van der Waals surface area contributed by atoms with Gasteiger partial charge in [0.25, 0.3) is 0 Å². The van der Waals surface area contributed by atoms with Crippen LogP contribution in [0.1, 0.15) is 18.0 Å². The number of thioether (sulfide) groups is 1. The lowest BCUT2D eigenvalue weighted by Crippen LogP contribution is -2.42. The smallest absolute Gasteiger partial charge is 0.394 e. The Kier molecular flexibility index (Phi) is 4.86. The molecule has 1 aromatic rings. The number of benzene rings is 1. The molecule has 1 saturated heterocycles. The first-order valence-corrected chi connectivity index (χ1v) is 8.82. The van der Waals surface area contributed by atoms with E-state index in [9.17, 15) is 22.8 Å². The summed E-state index contributed by atoms with van der Waals surface area (Å²) in [5, 5.41) is 11.8. The molecule has 2 aliphatic heterocycles. The number of nitrogens with zero attached hydrogens (tertiary/aromatic N) is 1. The van der Waals surface area contributed by atoms with Gasteiger partial charge >= 0.3 is 18.2 Å². The maximum atomic E-state index is 13.0. The molecule has 3 rings (SSSR count). The van der Waals surface area contributed by atoms with E-state index in [4.69, 9.17) is 5.11 Å². The monoisotopic (exact) mass is 374 g/mol. The lowest BCUT2D eigenvalue weighted by molar-refractivity contribution is -0.187. The van der Waals surface area contributed by atoms with E-state index in [1.807, 2.05) is 24.3 Å². The molecule has 136 valence electrons. The number of hydrogen-bond donors (Lipinski definition) is 2. The maximum Gasteiger partial charge on any atom is 0.394 e. The van der Waals surface area contributed by atoms with Crippen LogP contribution < -0.4 is 5.32 Å². The summed E-state index contributed by atoms with van der Waals surface area (Å²) in [6.07, 6.45) is -3.97. The van der Waals surface area contributed by atoms with Gasteiger partial charge in [0, 0.05) is 23.7 Å². The predicted octanol–water partition coefficient (Wildman–Crippen LogP) is 3.13. The first-order valence-electron chi connectivity index (χ1n) is 7.84. The lowest BCUT2D eigenvalue weighted by Gasteiger charge is -2.28. The number of fused-ring (bicyclic) bond motifs is 1. The topological polar surface area (TPSA) is 69.6 Å². The van der Waals surface area contributed by atoms with Crippen LogP contribution in [0.4, 0.5) is 18.0 Å². The van der Waals surface area contributed by atoms with Gasteiger partial charge in [-0.1, -0.05) is 18.2 Å². The third-order valence-corrected chi connectivity index (χ3v) is 5.72. The van der Waals surface area contributed by atoms with Crippen molar-refractivity contribution in [1.29, 1.82) is 0 Å². The number of amides is 2. The number of carbonyl (C=O) groups is 2. The molecule has 9 heteroatoms. The Hall–Kier alpha value is -1.90. The molecule has 3 atom stereocenters. The van der Waals surface area contributed by atoms with Gasteiger partial charge in [0.2, 0.25) is 0 Å². The molecule has 1 fully saturated rings. The van der Waals surface area contributed by atoms with Crippen molar-refractivity contribution in [2.24, 2.45) is 11.8 Å². The zero-order chi connectivity index (χ0) is 18.2. The standard InChI is InChI=1S/C16H17F3N2O3S/c17-16(18,19)11-8-21(7-10(11)14(22)23)15(24)20-12-5-6-25-13-4-2-1-3-9(12)13/h1-4,10-12H,5-8H2,(H,20,24)(H,22,23)/t10-,11-,12?/m1/s1. The van der Waals surface area contributed by atoms with E-state index in [2.05, 4.69) is 5.32 Å². The van der Waals surface area contributed by atoms with Gasteiger partial charge in [-0.2, -0.15) is 13.2 Å². The Labute approximate surface area is 146 Å². The maximum absolute atomic E-state index is 13.0. The predicted molar refractivity (Wildman–Crippen MR) is 85.3 cm³/mol. The van der Waals surface area contributed by atoms with Crippen LogP contribution in [0.15, 0.2) is 29.2 Å². The molecular weight excluding hydrogens is 357 g/mol. The van der Waals surface area contributed by atoms with E-state index in [1.165, 1.54) is 0 Å². The molecule has 0 radical (unpaired) electrons. The summed E-state index contributed by atoms with van der Waals surface area (Å²) < 4.78 is 39.1. The molecule has 2 aliphatic rings. The lowest BCUT2D eigenvalue weighted by atomic mass is 9.96. The molecule has 2 heterocycles. The van der Waals surface area contributed by atoms with E-state index in [0.717, 1.165) is 21.1 Å². The van der Waals surface area contributed by atoms with Crippen molar-refractivity contribution in [3.63, 3.8) is 0 Å². The number of likely N-dealkylation sites (tertiary alicyclic amines) is 1. The van der Waals surface area contributed by atoms with Crippen LogP contribution in [0.25, 0.3) is 0 Å². The van der Waals surface area contributed by atoms with Crippen LogP contribution in [0.3, 0.4) is 0 Å². The number of aliphatic carboxylic acids is 1. The average Bonchev–Trinajstić information content (AvgIpc) is 3.01. The molecule has 0 bridgehead atoms. The fourth-order valence-electron chi connectivity index (χ4n) is 3.28. The fourth-order valence-corrected chi connectivity index (χ4v) is 4.41. The van der Waals surface area contributed by atoms with Crippen molar-refractivity contribution >= 4 is 23.8 Å². The molecule has 0 aliphatic carbocycles. The number of carboxylic acids is 1. The number of rotatable bonds is 2. The zero-order valence-electron chi connectivity index (χ0n) is 13.1. The minimum Gasteiger partial charge on any atom is -0.481 e. The SMILES string of the molecule is O=C(O)[C@@H]1CN(C(=O)NC2CCSc3ccccc32)C[C@H]1C(F)(F)F. The van der Waals surface area contributed by atoms with Crippen molar-refractivity contribution in [3.8, 4) is 0 Å². The zero-order valence-corrected chi connectivity index (χ0v) is 13.9. The molecule has 0 saturated carbocycles. The normalized spacial score (nSPS) is 26.2. The number of carbonyl (C=O) groups excluding carboxylic acids is 1. The Balaban J connectivity index is 1.71. The van der Waals surface area contributed by atoms with Gasteiger partial charge in [0.05, 0.1) is 17.9 Å². The highest BCUT2D eigenvalue weighted by atomic mass is 32.2. The fraction of sp³-hybridized carbons (Fsp3) is 0.500. The van der Waals surface area contributed by atoms with Crippen molar-refractivity contribution in [1.82, 2.24) is 10.2 Å². The number of carboxylic acid groups (broad SMARTS) is 1. The summed E-state index contributed by atoms with van der Waals surface area (Å²) >= 11 is 1.67. The number of halogens is 3. The number of alkyl halides is 3. The van der Waals surface area contributed by atoms with Crippen molar-refractivity contribution in [2.45, 2.75) is 23.5 Å². The number of nitrogens with one attached hydrogen (secondary N) is 1. The van der Waals surface area contributed by atoms with Crippen molar-refractivity contribution in [2.75, 3.05) is 18.8 Å². The van der Waals surface area contributed by atoms with E-state index in [0.29, 0.717) is 6.42 Å². The minimum atomic E-state index is -4.65. The summed E-state index contributed by atoms with van der Waals surface area (Å²) in [7, 11) is 0. The van der Waals surface area contributed by atoms with E-state index in [1.54, 1.807) is 11.8 Å². The Bertz CT molecular complexity index is 683. The average molecular weight is 374 g/mol. The summed E-state index contributed by atoms with van der Waals surface area (Å²) in [4.78, 5) is 25.5. The van der Waals surface area contributed by atoms with Gasteiger partial charge in [-0.3, -0.25) is 4.79 Å². The van der Waals surface area contributed by atoms with Crippen LogP contribution in [0.5, 0.6) is 0 Å². The van der Waals surface area contributed by atoms with Crippen LogP contribution in [-0.4, -0.2) is 47.0 Å². The number of urea groups is 1. The number of hydrogen-bond acceptors (Lipinski definition) is 3. The van der Waals surface area contributed by atoms with Gasteiger partial charge < -0.3 is 15.3 Å². The van der Waals surface area contributed by atoms with Crippen LogP contribution in [-0.2, 0) is 4.79 Å². The Morgan fingerprint density at radius 2 is 1.96 bits per heavy atom. The summed E-state index contributed by atoms with van der Waals surface area (Å²) in [5.41, 5.74) is 0.938. The third kappa shape index (κ3) is 3.70. The molecule has 2 amide bonds. The molecule has 1 aromatic carbocycles. The van der Waals surface area contributed by atoms with Gasteiger partial charge in [-0.05, 0) is 18.1 Å². The highest BCUT2D eigenvalue weighted by molar-refractivity contribution is 7.99. The van der Waals surface area contributed by atoms with Gasteiger partial charge in [-0.25, -0.2) is 4.79 Å². The van der Waals surface area contributed by atoms with Crippen molar-refractivity contribution < 1.29 is 27.9 Å². The van der Waals surface area contributed by atoms with Gasteiger partial charge in [0.1, 0.15) is 0 Å². The van der Waals surface area contributed by atoms with Crippen LogP contribution >= 0.6 is 11.8 Å². The summed E-state index contributed by atoms with van der Waals surface area (Å²) in [5.74, 6) is -4.40. The van der Waals surface area contributed by atoms with E-state index >= 15 is 0 Å². The van der Waals surface area contributed by atoms with Crippen LogP contribution in [0.2, 0.25) is 0 Å². The van der Waals surface area contributed by atoms with Crippen LogP contribution in [0, 0.1) is 11.8 Å². The van der Waals surface area contributed by atoms with E-state index < -0.39 is 43.1 Å². The Morgan fingerprint density at radius 3 is 2.60 bits per heavy atom. The first-order chi connectivity index (χ1) is 11.8. The first kappa shape index (κ1) is 17.9. The van der Waals surface area contributed by atoms with E-state index in [-0.39, 0.29) is 6.04 Å². The molecule has 2 N–H and O–H groups in total. The molecule has 25 heavy (non-hydrogen) atoms. The van der Waals surface area contributed by atoms with Gasteiger partial charge in [0.15, 0.2) is 0 Å². The largest absolute Gasteiger partial charge is 0.481 e. The Morgan fingerprint density at radius 1 is 1.24 bits per heavy atom. The third-order valence-electron chi connectivity index (χ3n) is 4.60.